The maximum absolute atomic E-state index is 13.5. The molecule has 2 heterocycles. The second-order valence-corrected chi connectivity index (χ2v) is 10.2. The number of ether oxygens (including phenoxy) is 1. The maximum Gasteiger partial charge on any atom is 0.343 e. The molecule has 2 aromatic rings. The number of carbonyl (C=O) groups excluding carboxylic acids is 1. The van der Waals surface area contributed by atoms with Crippen LogP contribution in [-0.4, -0.2) is 58.3 Å². The zero-order valence-corrected chi connectivity index (χ0v) is 19.9. The number of carbonyl (C=O) groups is 1. The predicted molar refractivity (Wildman–Crippen MR) is 127 cm³/mol. The third-order valence-electron chi connectivity index (χ3n) is 7.64. The van der Waals surface area contributed by atoms with Crippen LogP contribution in [0.4, 0.5) is 0 Å². The summed E-state index contributed by atoms with van der Waals surface area (Å²) in [6, 6.07) is 9.43. The number of aromatic nitrogens is 2. The normalized spacial score (nSPS) is 25.8. The number of likely N-dealkylation sites (tertiary alicyclic amines) is 1. The van der Waals surface area contributed by atoms with Gasteiger partial charge in [-0.25, -0.2) is 14.8 Å². The fourth-order valence-electron chi connectivity index (χ4n) is 5.77. The number of hydrogen-bond donors (Lipinski definition) is 1. The number of nitrogens with zero attached hydrogens (tertiary/aromatic N) is 3. The number of esters is 1. The summed E-state index contributed by atoms with van der Waals surface area (Å²) in [5, 5.41) is 11.8. The molecule has 178 valence electrons. The molecule has 2 unspecified atom stereocenters. The first kappa shape index (κ1) is 23.8. The fraction of sp³-hybridized carbons (Fsp3) is 0.593. The zero-order valence-electron chi connectivity index (χ0n) is 19.9. The van der Waals surface area contributed by atoms with E-state index >= 15 is 0 Å². The highest BCUT2D eigenvalue weighted by molar-refractivity contribution is 5.81. The van der Waals surface area contributed by atoms with Crippen molar-refractivity contribution in [1.29, 1.82) is 0 Å². The molecule has 1 N–H and O–H groups in total. The van der Waals surface area contributed by atoms with Crippen LogP contribution in [0.25, 0.3) is 0 Å². The van der Waals surface area contributed by atoms with Gasteiger partial charge in [-0.1, -0.05) is 49.6 Å². The Morgan fingerprint density at radius 3 is 2.55 bits per heavy atom. The van der Waals surface area contributed by atoms with E-state index < -0.39 is 11.6 Å². The van der Waals surface area contributed by atoms with Gasteiger partial charge in [-0.2, -0.15) is 0 Å². The quantitative estimate of drug-likeness (QED) is 0.484. The van der Waals surface area contributed by atoms with Crippen LogP contribution in [-0.2, 0) is 21.6 Å². The highest BCUT2D eigenvalue weighted by Crippen LogP contribution is 2.41. The lowest BCUT2D eigenvalue weighted by Crippen LogP contribution is -2.55. The Labute approximate surface area is 197 Å². The Morgan fingerprint density at radius 2 is 1.82 bits per heavy atom. The number of aliphatic hydroxyl groups is 1. The van der Waals surface area contributed by atoms with Crippen LogP contribution in [0.5, 0.6) is 0 Å². The van der Waals surface area contributed by atoms with Crippen molar-refractivity contribution >= 4 is 5.97 Å². The zero-order chi connectivity index (χ0) is 23.2. The summed E-state index contributed by atoms with van der Waals surface area (Å²) in [5.74, 6) is -0.542. The van der Waals surface area contributed by atoms with Crippen molar-refractivity contribution in [1.82, 2.24) is 9.97 Å². The smallest absolute Gasteiger partial charge is 0.343 e. The van der Waals surface area contributed by atoms with Crippen LogP contribution in [0.3, 0.4) is 0 Å². The molecule has 0 amide bonds. The summed E-state index contributed by atoms with van der Waals surface area (Å²) in [4.78, 5) is 21.8. The average molecular weight is 453 g/mol. The molecule has 1 aliphatic heterocycles. The minimum Gasteiger partial charge on any atom is -0.454 e. The molecule has 2 fully saturated rings. The van der Waals surface area contributed by atoms with Crippen LogP contribution < -0.4 is 0 Å². The standard InChI is InChI=1S/C27H38N3O3/c1-30(16-8-10-22-18-28-21-29-19-22)17-9-15-25(20-30)33-26(31)27(32,23-11-4-2-5-12-23)24-13-6-3-7-14-24/h2,4-5,11-12,18-19,21,24-25,32H,3,6-10,13-17,20H2,1H3/q+1/t25?,27-,30?/m0/s1. The Hall–Kier alpha value is -2.31. The summed E-state index contributed by atoms with van der Waals surface area (Å²) in [6.45, 7) is 2.91. The van der Waals surface area contributed by atoms with Crippen molar-refractivity contribution in [3.05, 3.63) is 60.2 Å². The molecule has 1 saturated heterocycles. The molecule has 1 aromatic heterocycles. The lowest BCUT2D eigenvalue weighted by Gasteiger charge is -2.42. The van der Waals surface area contributed by atoms with Crippen molar-refractivity contribution in [3.63, 3.8) is 0 Å². The van der Waals surface area contributed by atoms with Gasteiger partial charge in [0.1, 0.15) is 12.9 Å². The number of benzene rings is 1. The van der Waals surface area contributed by atoms with Gasteiger partial charge in [0.15, 0.2) is 11.7 Å². The average Bonchev–Trinajstić information content (AvgIpc) is 2.85. The molecule has 0 spiro atoms. The Kier molecular flexibility index (Phi) is 7.76. The summed E-state index contributed by atoms with van der Waals surface area (Å²) in [7, 11) is 2.26. The largest absolute Gasteiger partial charge is 0.454 e. The molecule has 2 aliphatic rings. The van der Waals surface area contributed by atoms with E-state index in [1.165, 1.54) is 6.42 Å². The van der Waals surface area contributed by atoms with Gasteiger partial charge in [0.05, 0.1) is 20.1 Å². The van der Waals surface area contributed by atoms with Crippen molar-refractivity contribution in [2.75, 3.05) is 26.7 Å². The number of likely N-dealkylation sites (N-methyl/N-ethyl adjacent to an activating group) is 1. The Bertz CT molecular complexity index is 888. The van der Waals surface area contributed by atoms with Gasteiger partial charge in [-0.05, 0) is 36.8 Å². The van der Waals surface area contributed by atoms with Gasteiger partial charge in [0.2, 0.25) is 0 Å². The van der Waals surface area contributed by atoms with E-state index in [4.69, 9.17) is 4.74 Å². The third kappa shape index (κ3) is 5.79. The minimum absolute atomic E-state index is 0.0845. The number of piperidine rings is 1. The Morgan fingerprint density at radius 1 is 1.09 bits per heavy atom. The molecule has 0 radical (unpaired) electrons. The molecule has 4 rings (SSSR count). The second kappa shape index (κ2) is 10.7. The summed E-state index contributed by atoms with van der Waals surface area (Å²) >= 11 is 0. The second-order valence-electron chi connectivity index (χ2n) is 10.2. The van der Waals surface area contributed by atoms with E-state index in [9.17, 15) is 9.90 Å². The van der Waals surface area contributed by atoms with Gasteiger partial charge in [0.25, 0.3) is 0 Å². The Balaban J connectivity index is 1.41. The summed E-state index contributed by atoms with van der Waals surface area (Å²) in [5.41, 5.74) is 0.264. The number of quaternary nitrogens is 1. The lowest BCUT2D eigenvalue weighted by atomic mass is 9.73. The van der Waals surface area contributed by atoms with Gasteiger partial charge in [-0.15, -0.1) is 0 Å². The molecular formula is C27H38N3O3+. The van der Waals surface area contributed by atoms with Crippen LogP contribution in [0.1, 0.15) is 62.5 Å². The van der Waals surface area contributed by atoms with Crippen molar-refractivity contribution < 1.29 is 19.1 Å². The molecule has 6 nitrogen and oxygen atoms in total. The first-order chi connectivity index (χ1) is 16.0. The number of hydrogen-bond acceptors (Lipinski definition) is 5. The molecule has 3 atom stereocenters. The lowest BCUT2D eigenvalue weighted by molar-refractivity contribution is -0.917. The topological polar surface area (TPSA) is 72.3 Å². The van der Waals surface area contributed by atoms with E-state index in [1.54, 1.807) is 6.33 Å². The first-order valence-corrected chi connectivity index (χ1v) is 12.6. The van der Waals surface area contributed by atoms with Crippen molar-refractivity contribution in [2.24, 2.45) is 5.92 Å². The van der Waals surface area contributed by atoms with Crippen molar-refractivity contribution in [2.45, 2.75) is 69.5 Å². The van der Waals surface area contributed by atoms with E-state index in [-0.39, 0.29) is 12.0 Å². The summed E-state index contributed by atoms with van der Waals surface area (Å²) < 4.78 is 6.99. The van der Waals surface area contributed by atoms with E-state index in [1.807, 2.05) is 42.7 Å². The molecule has 1 saturated carbocycles. The van der Waals surface area contributed by atoms with Gasteiger partial charge < -0.3 is 14.3 Å². The van der Waals surface area contributed by atoms with E-state index in [0.29, 0.717) is 5.56 Å². The molecular weight excluding hydrogens is 414 g/mol. The monoisotopic (exact) mass is 452 g/mol. The molecule has 6 heteroatoms. The van der Waals surface area contributed by atoms with Crippen LogP contribution in [0.2, 0.25) is 0 Å². The number of rotatable bonds is 8. The third-order valence-corrected chi connectivity index (χ3v) is 7.64. The molecule has 0 bridgehead atoms. The predicted octanol–water partition coefficient (Wildman–Crippen LogP) is 4.03. The van der Waals surface area contributed by atoms with Crippen LogP contribution in [0, 0.1) is 5.92 Å². The molecule has 1 aromatic carbocycles. The fourth-order valence-corrected chi connectivity index (χ4v) is 5.77. The van der Waals surface area contributed by atoms with E-state index in [0.717, 1.165) is 81.0 Å². The molecule has 33 heavy (non-hydrogen) atoms. The maximum atomic E-state index is 13.5. The molecule has 1 aliphatic carbocycles. The highest BCUT2D eigenvalue weighted by atomic mass is 16.6. The van der Waals surface area contributed by atoms with Crippen molar-refractivity contribution in [3.8, 4) is 0 Å². The van der Waals surface area contributed by atoms with Crippen LogP contribution in [0.15, 0.2) is 49.1 Å². The van der Waals surface area contributed by atoms with E-state index in [2.05, 4.69) is 17.0 Å². The number of aryl methyl sites for hydroxylation is 1. The van der Waals surface area contributed by atoms with Crippen LogP contribution >= 0.6 is 0 Å². The first-order valence-electron chi connectivity index (χ1n) is 12.6. The SMILES string of the molecule is C[N+]1(CCCc2cncnc2)CCCC(OC(=O)[C@](O)(c2ccccc2)C2CCCCC2)C1. The minimum atomic E-state index is -1.56. The highest BCUT2D eigenvalue weighted by Gasteiger charge is 2.48. The van der Waals surface area contributed by atoms with Gasteiger partial charge in [0, 0.05) is 31.2 Å². The summed E-state index contributed by atoms with van der Waals surface area (Å²) in [6.07, 6.45) is 14.0. The van der Waals surface area contributed by atoms with Gasteiger partial charge >= 0.3 is 5.97 Å². The van der Waals surface area contributed by atoms with Gasteiger partial charge in [-0.3, -0.25) is 0 Å².